The van der Waals surface area contributed by atoms with E-state index >= 15 is 0 Å². The Hall–Kier alpha value is -0.660. The zero-order chi connectivity index (χ0) is 11.4. The number of hydrogen-bond donors (Lipinski definition) is 4. The molecule has 0 spiro atoms. The predicted molar refractivity (Wildman–Crippen MR) is 56.3 cm³/mol. The summed E-state index contributed by atoms with van der Waals surface area (Å²) in [5.41, 5.74) is 4.41. The predicted octanol–water partition coefficient (Wildman–Crippen LogP) is -0.465. The van der Waals surface area contributed by atoms with Gasteiger partial charge in [-0.05, 0) is 12.8 Å². The molecule has 0 saturated carbocycles. The highest BCUT2D eigenvalue weighted by Crippen LogP contribution is 2.15. The van der Waals surface area contributed by atoms with Gasteiger partial charge in [-0.15, -0.1) is 0 Å². The number of nitrogens with two attached hydrogens (primary N) is 1. The van der Waals surface area contributed by atoms with Crippen LogP contribution in [0.3, 0.4) is 0 Å². The van der Waals surface area contributed by atoms with Crippen molar-refractivity contribution in [2.75, 3.05) is 7.05 Å². The first-order chi connectivity index (χ1) is 6.33. The van der Waals surface area contributed by atoms with E-state index in [4.69, 9.17) is 11.1 Å². The van der Waals surface area contributed by atoms with Crippen molar-refractivity contribution in [1.29, 1.82) is 5.41 Å². The highest BCUT2D eigenvalue weighted by Gasteiger charge is 2.33. The standard InChI is InChI=1S/C7H18N4O2S/c1-4-7(5-2,6(8)9)11-14(12,13)10-3/h10-11H,4-5H2,1-3H3,(H3,8,9). The average molecular weight is 222 g/mol. The van der Waals surface area contributed by atoms with Crippen LogP contribution in [0.4, 0.5) is 0 Å². The number of amidine groups is 1. The Morgan fingerprint density at radius 2 is 1.86 bits per heavy atom. The number of rotatable bonds is 6. The first-order valence-electron chi connectivity index (χ1n) is 4.40. The molecule has 0 aromatic carbocycles. The quantitative estimate of drug-likeness (QED) is 0.360. The van der Waals surface area contributed by atoms with Crippen molar-refractivity contribution in [3.63, 3.8) is 0 Å². The highest BCUT2D eigenvalue weighted by atomic mass is 32.2. The zero-order valence-corrected chi connectivity index (χ0v) is 9.53. The molecule has 0 saturated heterocycles. The lowest BCUT2D eigenvalue weighted by atomic mass is 9.93. The van der Waals surface area contributed by atoms with Crippen LogP contribution in [0.25, 0.3) is 0 Å². The molecule has 0 aromatic rings. The second-order valence-electron chi connectivity index (χ2n) is 3.01. The average Bonchev–Trinajstić information content (AvgIpc) is 2.14. The lowest BCUT2D eigenvalue weighted by Crippen LogP contribution is -2.58. The van der Waals surface area contributed by atoms with E-state index in [1.807, 2.05) is 0 Å². The van der Waals surface area contributed by atoms with Crippen molar-refractivity contribution in [1.82, 2.24) is 9.44 Å². The second-order valence-corrected chi connectivity index (χ2v) is 4.63. The maximum atomic E-state index is 11.3. The number of hydrogen-bond acceptors (Lipinski definition) is 3. The molecule has 0 aliphatic carbocycles. The molecule has 0 rings (SSSR count). The second kappa shape index (κ2) is 4.72. The van der Waals surface area contributed by atoms with Crippen LogP contribution >= 0.6 is 0 Å². The van der Waals surface area contributed by atoms with E-state index in [1.54, 1.807) is 13.8 Å². The molecule has 6 nitrogen and oxygen atoms in total. The van der Waals surface area contributed by atoms with E-state index in [0.717, 1.165) is 0 Å². The van der Waals surface area contributed by atoms with Gasteiger partial charge in [0.15, 0.2) is 0 Å². The van der Waals surface area contributed by atoms with Gasteiger partial charge in [0.1, 0.15) is 5.84 Å². The van der Waals surface area contributed by atoms with Crippen LogP contribution in [0.5, 0.6) is 0 Å². The lowest BCUT2D eigenvalue weighted by Gasteiger charge is -2.30. The van der Waals surface area contributed by atoms with Gasteiger partial charge in [0.2, 0.25) is 0 Å². The summed E-state index contributed by atoms with van der Waals surface area (Å²) in [6.07, 6.45) is 0.888. The van der Waals surface area contributed by atoms with Gasteiger partial charge in [-0.2, -0.15) is 13.1 Å². The minimum atomic E-state index is -3.57. The fourth-order valence-corrected chi connectivity index (χ4v) is 2.15. The fraction of sp³-hybridized carbons (Fsp3) is 0.857. The van der Waals surface area contributed by atoms with E-state index in [2.05, 4.69) is 9.44 Å². The monoisotopic (exact) mass is 222 g/mol. The van der Waals surface area contributed by atoms with Crippen molar-refractivity contribution >= 4 is 16.0 Å². The van der Waals surface area contributed by atoms with E-state index in [-0.39, 0.29) is 5.84 Å². The Labute approximate surface area is 85.0 Å². The van der Waals surface area contributed by atoms with Crippen LogP contribution in [0.2, 0.25) is 0 Å². The molecule has 0 atom stereocenters. The summed E-state index contributed by atoms with van der Waals surface area (Å²) in [6.45, 7) is 3.56. The van der Waals surface area contributed by atoms with Crippen LogP contribution in [0, 0.1) is 5.41 Å². The third-order valence-corrected chi connectivity index (χ3v) is 3.52. The Kier molecular flexibility index (Phi) is 4.50. The first-order valence-corrected chi connectivity index (χ1v) is 5.88. The van der Waals surface area contributed by atoms with Gasteiger partial charge in [0.25, 0.3) is 10.2 Å². The summed E-state index contributed by atoms with van der Waals surface area (Å²) in [5.74, 6) is -0.165. The summed E-state index contributed by atoms with van der Waals surface area (Å²) in [5, 5.41) is 7.38. The Balaban J connectivity index is 4.96. The largest absolute Gasteiger partial charge is 0.386 e. The molecule has 0 aliphatic rings. The van der Waals surface area contributed by atoms with Gasteiger partial charge in [-0.3, -0.25) is 5.41 Å². The number of nitrogens with one attached hydrogen (secondary N) is 3. The minimum Gasteiger partial charge on any atom is -0.386 e. The molecule has 0 heterocycles. The molecule has 0 unspecified atom stereocenters. The van der Waals surface area contributed by atoms with E-state index in [1.165, 1.54) is 7.05 Å². The highest BCUT2D eigenvalue weighted by molar-refractivity contribution is 7.87. The third kappa shape index (κ3) is 2.93. The molecule has 5 N–H and O–H groups in total. The molecule has 7 heteroatoms. The third-order valence-electron chi connectivity index (χ3n) is 2.32. The molecule has 0 radical (unpaired) electrons. The smallest absolute Gasteiger partial charge is 0.277 e. The fourth-order valence-electron chi connectivity index (χ4n) is 1.14. The van der Waals surface area contributed by atoms with Crippen LogP contribution in [0.1, 0.15) is 26.7 Å². The molecule has 0 aromatic heterocycles. The van der Waals surface area contributed by atoms with Crippen LogP contribution < -0.4 is 15.2 Å². The molecular formula is C7H18N4O2S. The molecule has 14 heavy (non-hydrogen) atoms. The maximum absolute atomic E-state index is 11.3. The van der Waals surface area contributed by atoms with Gasteiger partial charge in [-0.1, -0.05) is 13.8 Å². The van der Waals surface area contributed by atoms with Gasteiger partial charge in [0, 0.05) is 7.05 Å². The van der Waals surface area contributed by atoms with Crippen molar-refractivity contribution in [2.45, 2.75) is 32.2 Å². The molecule has 0 fully saturated rings. The Morgan fingerprint density at radius 3 is 2.07 bits per heavy atom. The van der Waals surface area contributed by atoms with Crippen molar-refractivity contribution in [2.24, 2.45) is 5.73 Å². The van der Waals surface area contributed by atoms with Crippen molar-refractivity contribution in [3.8, 4) is 0 Å². The van der Waals surface area contributed by atoms with E-state index in [0.29, 0.717) is 12.8 Å². The van der Waals surface area contributed by atoms with Gasteiger partial charge in [0.05, 0.1) is 5.54 Å². The summed E-state index contributed by atoms with van der Waals surface area (Å²) >= 11 is 0. The molecular weight excluding hydrogens is 204 g/mol. The van der Waals surface area contributed by atoms with Gasteiger partial charge in [-0.25, -0.2) is 4.72 Å². The summed E-state index contributed by atoms with van der Waals surface area (Å²) in [4.78, 5) is 0. The van der Waals surface area contributed by atoms with Gasteiger partial charge >= 0.3 is 0 Å². The molecule has 84 valence electrons. The Morgan fingerprint density at radius 1 is 1.43 bits per heavy atom. The lowest BCUT2D eigenvalue weighted by molar-refractivity contribution is 0.455. The topological polar surface area (TPSA) is 108 Å². The SMILES string of the molecule is CCC(CC)(NS(=O)(=O)NC)C(=N)N. The Bertz CT molecular complexity index is 295. The first kappa shape index (κ1) is 13.3. The van der Waals surface area contributed by atoms with Crippen molar-refractivity contribution in [3.05, 3.63) is 0 Å². The maximum Gasteiger partial charge on any atom is 0.277 e. The normalized spacial score (nSPS) is 12.8. The van der Waals surface area contributed by atoms with Gasteiger partial charge < -0.3 is 5.73 Å². The molecule has 0 amide bonds. The van der Waals surface area contributed by atoms with Crippen LogP contribution in [-0.2, 0) is 10.2 Å². The summed E-state index contributed by atoms with van der Waals surface area (Å²) in [7, 11) is -2.26. The van der Waals surface area contributed by atoms with Crippen molar-refractivity contribution < 1.29 is 8.42 Å². The molecule has 0 bridgehead atoms. The van der Waals surface area contributed by atoms with Crippen LogP contribution in [-0.4, -0.2) is 26.8 Å². The summed E-state index contributed by atoms with van der Waals surface area (Å²) < 4.78 is 27.0. The molecule has 0 aliphatic heterocycles. The van der Waals surface area contributed by atoms with E-state index < -0.39 is 15.7 Å². The van der Waals surface area contributed by atoms with E-state index in [9.17, 15) is 8.42 Å². The van der Waals surface area contributed by atoms with Crippen LogP contribution in [0.15, 0.2) is 0 Å². The minimum absolute atomic E-state index is 0.165. The zero-order valence-electron chi connectivity index (χ0n) is 8.72. The summed E-state index contributed by atoms with van der Waals surface area (Å²) in [6, 6.07) is 0.